The summed E-state index contributed by atoms with van der Waals surface area (Å²) in [6.07, 6.45) is 46.1. The highest BCUT2D eigenvalue weighted by molar-refractivity contribution is 7.47. The Morgan fingerprint density at radius 3 is 1.45 bits per heavy atom. The number of likely N-dealkylation sites (N-methyl/N-ethyl adjacent to an activating group) is 1. The first-order valence-corrected chi connectivity index (χ1v) is 24.7. The van der Waals surface area contributed by atoms with Gasteiger partial charge in [0.15, 0.2) is 0 Å². The minimum absolute atomic E-state index is 0.0572. The van der Waals surface area contributed by atoms with Crippen molar-refractivity contribution in [2.75, 3.05) is 40.9 Å². The van der Waals surface area contributed by atoms with Gasteiger partial charge >= 0.3 is 7.82 Å². The lowest BCUT2D eigenvalue weighted by molar-refractivity contribution is -0.870. The van der Waals surface area contributed by atoms with Crippen LogP contribution in [0.15, 0.2) is 24.3 Å². The van der Waals surface area contributed by atoms with Crippen LogP contribution in [0.4, 0.5) is 0 Å². The predicted molar refractivity (Wildman–Crippen MR) is 235 cm³/mol. The number of phosphoric ester groups is 1. The first-order valence-electron chi connectivity index (χ1n) is 23.2. The van der Waals surface area contributed by atoms with Crippen molar-refractivity contribution < 1.29 is 32.9 Å². The molecule has 0 rings (SSSR count). The summed E-state index contributed by atoms with van der Waals surface area (Å²) < 4.78 is 23.4. The Labute approximate surface area is 341 Å². The van der Waals surface area contributed by atoms with Crippen LogP contribution in [0, 0.1) is 0 Å². The van der Waals surface area contributed by atoms with Gasteiger partial charge in [0.05, 0.1) is 39.9 Å². The summed E-state index contributed by atoms with van der Waals surface area (Å²) >= 11 is 0. The molecule has 0 aliphatic heterocycles. The zero-order valence-electron chi connectivity index (χ0n) is 36.9. The number of nitrogens with zero attached hydrogens (tertiary/aromatic N) is 1. The van der Waals surface area contributed by atoms with Crippen molar-refractivity contribution in [3.8, 4) is 0 Å². The van der Waals surface area contributed by atoms with Crippen LogP contribution in [-0.2, 0) is 18.4 Å². The molecule has 3 unspecified atom stereocenters. The molecule has 0 aliphatic rings. The summed E-state index contributed by atoms with van der Waals surface area (Å²) in [5.41, 5.74) is 0. The zero-order valence-corrected chi connectivity index (χ0v) is 37.8. The summed E-state index contributed by atoms with van der Waals surface area (Å²) in [6.45, 7) is 4.71. The Kier molecular flexibility index (Phi) is 37.8. The van der Waals surface area contributed by atoms with E-state index in [1.165, 1.54) is 141 Å². The van der Waals surface area contributed by atoms with Crippen molar-refractivity contribution >= 4 is 13.7 Å². The van der Waals surface area contributed by atoms with Crippen molar-refractivity contribution in [3.63, 3.8) is 0 Å². The van der Waals surface area contributed by atoms with E-state index in [-0.39, 0.29) is 19.1 Å². The molecule has 0 saturated carbocycles. The SMILES string of the molecule is CCCCCCCCCCCCCCCCCCCCCCCC/C=C/CC/C=C/C(O)C(COP(=O)(O)OCC[N+](C)(C)C)NC(=O)CCCCCCC. The molecule has 326 valence electrons. The van der Waals surface area contributed by atoms with Crippen LogP contribution in [-0.4, -0.2) is 73.4 Å². The summed E-state index contributed by atoms with van der Waals surface area (Å²) in [4.78, 5) is 22.8. The molecular weight excluding hydrogens is 707 g/mol. The number of hydrogen-bond donors (Lipinski definition) is 3. The number of carbonyl (C=O) groups excluding carboxylic acids is 1. The van der Waals surface area contributed by atoms with Crippen molar-refractivity contribution in [3.05, 3.63) is 24.3 Å². The van der Waals surface area contributed by atoms with Gasteiger partial charge in [-0.25, -0.2) is 4.57 Å². The molecule has 0 bridgehead atoms. The number of rotatable bonds is 42. The van der Waals surface area contributed by atoms with Gasteiger partial charge in [0.2, 0.25) is 5.91 Å². The second kappa shape index (κ2) is 38.5. The van der Waals surface area contributed by atoms with E-state index in [0.29, 0.717) is 17.4 Å². The predicted octanol–water partition coefficient (Wildman–Crippen LogP) is 12.9. The van der Waals surface area contributed by atoms with E-state index in [2.05, 4.69) is 31.3 Å². The van der Waals surface area contributed by atoms with Gasteiger partial charge in [-0.15, -0.1) is 0 Å². The number of amides is 1. The van der Waals surface area contributed by atoms with E-state index >= 15 is 0 Å². The second-order valence-electron chi connectivity index (χ2n) is 17.1. The maximum atomic E-state index is 12.6. The normalized spacial score (nSPS) is 14.5. The molecule has 3 N–H and O–H groups in total. The van der Waals surface area contributed by atoms with Gasteiger partial charge in [0, 0.05) is 6.42 Å². The topological polar surface area (TPSA) is 105 Å². The van der Waals surface area contributed by atoms with Crippen LogP contribution in [0.2, 0.25) is 0 Å². The van der Waals surface area contributed by atoms with E-state index in [0.717, 1.165) is 51.4 Å². The van der Waals surface area contributed by atoms with Crippen LogP contribution in [0.5, 0.6) is 0 Å². The number of aliphatic hydroxyl groups excluding tert-OH is 1. The highest BCUT2D eigenvalue weighted by atomic mass is 31.2. The molecule has 0 aromatic carbocycles. The minimum atomic E-state index is -4.33. The number of quaternary nitrogens is 1. The average Bonchev–Trinajstić information content (AvgIpc) is 3.13. The highest BCUT2D eigenvalue weighted by Gasteiger charge is 2.27. The third kappa shape index (κ3) is 41.0. The highest BCUT2D eigenvalue weighted by Crippen LogP contribution is 2.43. The fraction of sp³-hybridized carbons (Fsp3) is 0.891. The van der Waals surface area contributed by atoms with Gasteiger partial charge in [-0.3, -0.25) is 13.8 Å². The van der Waals surface area contributed by atoms with Gasteiger partial charge in [-0.1, -0.05) is 199 Å². The van der Waals surface area contributed by atoms with Gasteiger partial charge in [0.25, 0.3) is 0 Å². The monoisotopic (exact) mass is 800 g/mol. The molecule has 0 heterocycles. The van der Waals surface area contributed by atoms with E-state index in [1.54, 1.807) is 6.08 Å². The summed E-state index contributed by atoms with van der Waals surface area (Å²) in [5, 5.41) is 13.7. The summed E-state index contributed by atoms with van der Waals surface area (Å²) in [7, 11) is 1.56. The van der Waals surface area contributed by atoms with Crippen molar-refractivity contribution in [2.45, 2.75) is 225 Å². The maximum absolute atomic E-state index is 12.6. The Bertz CT molecular complexity index is 953. The van der Waals surface area contributed by atoms with Crippen LogP contribution in [0.1, 0.15) is 213 Å². The first kappa shape index (κ1) is 54.0. The molecule has 3 atom stereocenters. The molecule has 0 aromatic rings. The lowest BCUT2D eigenvalue weighted by Crippen LogP contribution is -2.45. The van der Waals surface area contributed by atoms with Crippen LogP contribution in [0.25, 0.3) is 0 Å². The van der Waals surface area contributed by atoms with E-state index < -0.39 is 20.0 Å². The van der Waals surface area contributed by atoms with Crippen LogP contribution >= 0.6 is 7.82 Å². The van der Waals surface area contributed by atoms with Crippen LogP contribution in [0.3, 0.4) is 0 Å². The molecule has 0 aromatic heterocycles. The average molecular weight is 800 g/mol. The number of aliphatic hydroxyl groups is 1. The van der Waals surface area contributed by atoms with Crippen molar-refractivity contribution in [2.24, 2.45) is 0 Å². The molecule has 9 heteroatoms. The van der Waals surface area contributed by atoms with Gasteiger partial charge in [-0.2, -0.15) is 0 Å². The fourth-order valence-corrected chi connectivity index (χ4v) is 7.44. The molecule has 1 amide bonds. The maximum Gasteiger partial charge on any atom is 0.472 e. The largest absolute Gasteiger partial charge is 0.472 e. The Balaban J connectivity index is 4.03. The van der Waals surface area contributed by atoms with Gasteiger partial charge in [0.1, 0.15) is 13.2 Å². The quantitative estimate of drug-likeness (QED) is 0.0246. The van der Waals surface area contributed by atoms with E-state index in [9.17, 15) is 19.4 Å². The molecular formula is C46H92N2O6P+. The lowest BCUT2D eigenvalue weighted by Gasteiger charge is -2.25. The molecule has 8 nitrogen and oxygen atoms in total. The minimum Gasteiger partial charge on any atom is -0.387 e. The number of allylic oxidation sites excluding steroid dienone is 3. The number of phosphoric acid groups is 1. The van der Waals surface area contributed by atoms with Gasteiger partial charge in [-0.05, 0) is 32.1 Å². The third-order valence-electron chi connectivity index (χ3n) is 10.4. The number of nitrogens with one attached hydrogen (secondary N) is 1. The summed E-state index contributed by atoms with van der Waals surface area (Å²) in [6, 6.07) is -0.855. The zero-order chi connectivity index (χ0) is 40.7. The smallest absolute Gasteiger partial charge is 0.387 e. The van der Waals surface area contributed by atoms with E-state index in [4.69, 9.17) is 9.05 Å². The molecule has 0 aliphatic carbocycles. The van der Waals surface area contributed by atoms with Gasteiger partial charge < -0.3 is 19.8 Å². The molecule has 55 heavy (non-hydrogen) atoms. The van der Waals surface area contributed by atoms with Crippen LogP contribution < -0.4 is 5.32 Å². The Morgan fingerprint density at radius 2 is 1.00 bits per heavy atom. The Morgan fingerprint density at radius 1 is 0.600 bits per heavy atom. The molecule has 0 spiro atoms. The lowest BCUT2D eigenvalue weighted by atomic mass is 10.0. The number of carbonyl (C=O) groups is 1. The molecule has 0 fully saturated rings. The first-order chi connectivity index (χ1) is 26.5. The fourth-order valence-electron chi connectivity index (χ4n) is 6.70. The Hall–Kier alpha value is -1.02. The van der Waals surface area contributed by atoms with E-state index in [1.807, 2.05) is 27.2 Å². The van der Waals surface area contributed by atoms with Crippen molar-refractivity contribution in [1.29, 1.82) is 0 Å². The second-order valence-corrected chi connectivity index (χ2v) is 18.6. The standard InChI is InChI=1S/C46H91N2O6P/c1-6-8-10-12-13-14-15-16-17-18-19-20-21-22-23-24-25-26-27-28-29-30-31-32-33-34-36-37-39-45(49)44(47-46(50)40-38-35-11-9-7-2)43-54-55(51,52)53-42-41-48(3,4)5/h32-33,37,39,44-45,49H,6-31,34-36,38,40-43H2,1-5H3,(H-,47,50,51,52)/p+1/b33-32+,39-37+. The third-order valence-corrected chi connectivity index (χ3v) is 11.4. The molecule has 0 radical (unpaired) electrons. The number of unbranched alkanes of at least 4 members (excludes halogenated alkanes) is 27. The summed E-state index contributed by atoms with van der Waals surface area (Å²) in [5.74, 6) is -0.199. The molecule has 0 saturated heterocycles. The van der Waals surface area contributed by atoms with Crippen molar-refractivity contribution in [1.82, 2.24) is 5.32 Å². The number of hydrogen-bond acceptors (Lipinski definition) is 5.